The van der Waals surface area contributed by atoms with E-state index in [0.717, 1.165) is 22.7 Å². The second-order valence-electron chi connectivity index (χ2n) is 8.12. The molecule has 1 aliphatic heterocycles. The minimum absolute atomic E-state index is 0.0339. The van der Waals surface area contributed by atoms with Crippen LogP contribution in [-0.2, 0) is 15.0 Å². The zero-order valence-corrected chi connectivity index (χ0v) is 17.0. The fourth-order valence-electron chi connectivity index (χ4n) is 3.50. The van der Waals surface area contributed by atoms with Crippen LogP contribution >= 0.6 is 0 Å². The van der Waals surface area contributed by atoms with Crippen molar-refractivity contribution in [1.82, 2.24) is 0 Å². The van der Waals surface area contributed by atoms with E-state index in [1.807, 2.05) is 55.5 Å². The van der Waals surface area contributed by atoms with Gasteiger partial charge in [-0.1, -0.05) is 39.0 Å². The van der Waals surface area contributed by atoms with Gasteiger partial charge >= 0.3 is 0 Å². The summed E-state index contributed by atoms with van der Waals surface area (Å²) in [4.78, 5) is 27.0. The molecule has 5 nitrogen and oxygen atoms in total. The molecule has 3 rings (SSSR count). The molecule has 1 aliphatic rings. The van der Waals surface area contributed by atoms with Crippen molar-refractivity contribution in [3.05, 3.63) is 54.1 Å². The Hall–Kier alpha value is -2.82. The van der Waals surface area contributed by atoms with Crippen molar-refractivity contribution in [2.75, 3.05) is 23.4 Å². The molecular weight excluding hydrogens is 352 g/mol. The molecule has 2 aromatic carbocycles. The van der Waals surface area contributed by atoms with Crippen molar-refractivity contribution in [3.63, 3.8) is 0 Å². The summed E-state index contributed by atoms with van der Waals surface area (Å²) >= 11 is 0. The minimum Gasteiger partial charge on any atom is -0.494 e. The highest BCUT2D eigenvalue weighted by Crippen LogP contribution is 2.31. The Morgan fingerprint density at radius 3 is 2.46 bits per heavy atom. The fraction of sp³-hybridized carbons (Fsp3) is 0.391. The van der Waals surface area contributed by atoms with Gasteiger partial charge in [0.05, 0.1) is 12.5 Å². The molecule has 0 radical (unpaired) electrons. The van der Waals surface area contributed by atoms with Crippen LogP contribution in [-0.4, -0.2) is 25.0 Å². The molecule has 1 fully saturated rings. The topological polar surface area (TPSA) is 58.6 Å². The molecule has 1 atom stereocenters. The molecular formula is C23H28N2O3. The smallest absolute Gasteiger partial charge is 0.229 e. The van der Waals surface area contributed by atoms with Crippen molar-refractivity contribution in [1.29, 1.82) is 0 Å². The summed E-state index contributed by atoms with van der Waals surface area (Å²) < 4.78 is 5.45. The van der Waals surface area contributed by atoms with Gasteiger partial charge in [0.15, 0.2) is 0 Å². The molecule has 0 aliphatic carbocycles. The monoisotopic (exact) mass is 380 g/mol. The van der Waals surface area contributed by atoms with Gasteiger partial charge in [-0.2, -0.15) is 0 Å². The molecule has 1 saturated heterocycles. The number of nitrogens with zero attached hydrogens (tertiary/aromatic N) is 1. The van der Waals surface area contributed by atoms with Crippen LogP contribution in [0.25, 0.3) is 0 Å². The quantitative estimate of drug-likeness (QED) is 0.838. The summed E-state index contributed by atoms with van der Waals surface area (Å²) in [5.74, 6) is 0.255. The second-order valence-corrected chi connectivity index (χ2v) is 8.12. The lowest BCUT2D eigenvalue weighted by molar-refractivity contribution is -0.122. The van der Waals surface area contributed by atoms with Crippen LogP contribution < -0.4 is 15.0 Å². The summed E-state index contributed by atoms with van der Waals surface area (Å²) in [6.07, 6.45) is 0.219. The third kappa shape index (κ3) is 4.35. The van der Waals surface area contributed by atoms with E-state index in [9.17, 15) is 9.59 Å². The number of ether oxygens (including phenoxy) is 1. The zero-order chi connectivity index (χ0) is 20.3. The number of hydrogen-bond acceptors (Lipinski definition) is 3. The molecule has 1 N–H and O–H groups in total. The van der Waals surface area contributed by atoms with Crippen molar-refractivity contribution in [2.24, 2.45) is 5.92 Å². The van der Waals surface area contributed by atoms with Gasteiger partial charge in [0.25, 0.3) is 0 Å². The number of nitrogens with one attached hydrogen (secondary N) is 1. The van der Waals surface area contributed by atoms with Gasteiger partial charge in [0.1, 0.15) is 5.75 Å². The van der Waals surface area contributed by atoms with E-state index >= 15 is 0 Å². The van der Waals surface area contributed by atoms with Crippen LogP contribution in [0.4, 0.5) is 11.4 Å². The second kappa shape index (κ2) is 8.05. The maximum Gasteiger partial charge on any atom is 0.229 e. The first-order valence-corrected chi connectivity index (χ1v) is 9.73. The number of anilines is 2. The highest BCUT2D eigenvalue weighted by molar-refractivity contribution is 6.03. The van der Waals surface area contributed by atoms with Crippen molar-refractivity contribution >= 4 is 23.2 Å². The highest BCUT2D eigenvalue weighted by Gasteiger charge is 2.35. The van der Waals surface area contributed by atoms with Gasteiger partial charge in [-0.3, -0.25) is 9.59 Å². The Kier molecular flexibility index (Phi) is 5.73. The van der Waals surface area contributed by atoms with Crippen molar-refractivity contribution in [2.45, 2.75) is 39.5 Å². The summed E-state index contributed by atoms with van der Waals surface area (Å²) in [7, 11) is 0. The largest absolute Gasteiger partial charge is 0.494 e. The number of hydrogen-bond donors (Lipinski definition) is 1. The van der Waals surface area contributed by atoms with Crippen LogP contribution in [0.3, 0.4) is 0 Å². The molecule has 28 heavy (non-hydrogen) atoms. The van der Waals surface area contributed by atoms with Crippen molar-refractivity contribution < 1.29 is 14.3 Å². The van der Waals surface area contributed by atoms with E-state index in [1.165, 1.54) is 0 Å². The van der Waals surface area contributed by atoms with Gasteiger partial charge in [0.2, 0.25) is 11.8 Å². The molecule has 1 heterocycles. The lowest BCUT2D eigenvalue weighted by atomic mass is 9.85. The van der Waals surface area contributed by atoms with E-state index in [1.54, 1.807) is 4.90 Å². The van der Waals surface area contributed by atoms with Crippen LogP contribution in [0.1, 0.15) is 39.7 Å². The molecule has 2 aromatic rings. The van der Waals surface area contributed by atoms with E-state index in [0.29, 0.717) is 13.2 Å². The molecule has 0 saturated carbocycles. The summed E-state index contributed by atoms with van der Waals surface area (Å²) in [5, 5.41) is 3.04. The van der Waals surface area contributed by atoms with Gasteiger partial charge in [-0.15, -0.1) is 0 Å². The number of rotatable bonds is 5. The van der Waals surface area contributed by atoms with Crippen LogP contribution in [0.2, 0.25) is 0 Å². The number of carbonyl (C=O) groups excluding carboxylic acids is 2. The van der Waals surface area contributed by atoms with E-state index in [-0.39, 0.29) is 29.6 Å². The normalized spacial score (nSPS) is 16.9. The average Bonchev–Trinajstić information content (AvgIpc) is 3.04. The summed E-state index contributed by atoms with van der Waals surface area (Å²) in [6, 6.07) is 15.2. The Bertz CT molecular complexity index is 853. The predicted octanol–water partition coefficient (Wildman–Crippen LogP) is 4.37. The lowest BCUT2D eigenvalue weighted by Gasteiger charge is -2.23. The Balaban J connectivity index is 1.71. The number of amides is 2. The van der Waals surface area contributed by atoms with Gasteiger partial charge in [-0.05, 0) is 48.2 Å². The average molecular weight is 380 g/mol. The number of para-hydroxylation sites is 1. The van der Waals surface area contributed by atoms with Crippen LogP contribution in [0.15, 0.2) is 48.5 Å². The third-order valence-electron chi connectivity index (χ3n) is 4.95. The van der Waals surface area contributed by atoms with Crippen molar-refractivity contribution in [3.8, 4) is 5.75 Å². The number of carbonyl (C=O) groups is 2. The molecule has 0 unspecified atom stereocenters. The molecule has 0 bridgehead atoms. The molecule has 148 valence electrons. The van der Waals surface area contributed by atoms with E-state index in [2.05, 4.69) is 26.1 Å². The van der Waals surface area contributed by atoms with Crippen LogP contribution in [0.5, 0.6) is 5.75 Å². The molecule has 2 amide bonds. The Morgan fingerprint density at radius 1 is 1.14 bits per heavy atom. The lowest BCUT2D eigenvalue weighted by Crippen LogP contribution is -2.28. The minimum atomic E-state index is -0.368. The zero-order valence-electron chi connectivity index (χ0n) is 17.0. The molecule has 0 aromatic heterocycles. The molecule has 0 spiro atoms. The summed E-state index contributed by atoms with van der Waals surface area (Å²) in [6.45, 7) is 9.26. The maximum absolute atomic E-state index is 12.8. The van der Waals surface area contributed by atoms with Gasteiger partial charge < -0.3 is 15.0 Å². The Labute approximate surface area is 166 Å². The standard InChI is InChI=1S/C23H28N2O3/c1-5-28-18-12-10-17(11-13-18)25-15-16(14-21(25)26)22(27)24-20-9-7-6-8-19(20)23(2,3)4/h6-13,16H,5,14-15H2,1-4H3,(H,24,27)/t16-/m1/s1. The van der Waals surface area contributed by atoms with Gasteiger partial charge in [-0.25, -0.2) is 0 Å². The predicted molar refractivity (Wildman–Crippen MR) is 112 cm³/mol. The maximum atomic E-state index is 12.8. The van der Waals surface area contributed by atoms with Crippen LogP contribution in [0, 0.1) is 5.92 Å². The third-order valence-corrected chi connectivity index (χ3v) is 4.95. The first-order valence-electron chi connectivity index (χ1n) is 9.73. The first kappa shape index (κ1) is 19.9. The van der Waals surface area contributed by atoms with E-state index < -0.39 is 0 Å². The molecule has 5 heteroatoms. The Morgan fingerprint density at radius 2 is 1.82 bits per heavy atom. The van der Waals surface area contributed by atoms with Gasteiger partial charge in [0, 0.05) is 24.3 Å². The summed E-state index contributed by atoms with van der Waals surface area (Å²) in [5.41, 5.74) is 2.60. The highest BCUT2D eigenvalue weighted by atomic mass is 16.5. The fourth-order valence-corrected chi connectivity index (χ4v) is 3.50. The van der Waals surface area contributed by atoms with E-state index in [4.69, 9.17) is 4.74 Å². The number of benzene rings is 2. The SMILES string of the molecule is CCOc1ccc(N2C[C@H](C(=O)Nc3ccccc3C(C)(C)C)CC2=O)cc1. The first-order chi connectivity index (χ1) is 13.3.